The normalized spacial score (nSPS) is 11.3. The number of aryl methyl sites for hydroxylation is 1. The second kappa shape index (κ2) is 8.62. The van der Waals surface area contributed by atoms with E-state index in [1.807, 2.05) is 6.92 Å². The first kappa shape index (κ1) is 20.8. The minimum Gasteiger partial charge on any atom is -0.345 e. The predicted octanol–water partition coefficient (Wildman–Crippen LogP) is 2.78. The monoisotopic (exact) mass is 434 g/mol. The van der Waals surface area contributed by atoms with Gasteiger partial charge < -0.3 is 9.84 Å². The van der Waals surface area contributed by atoms with Gasteiger partial charge in [-0.1, -0.05) is 46.6 Å². The number of aromatic nitrogens is 2. The van der Waals surface area contributed by atoms with E-state index in [1.54, 1.807) is 48.5 Å². The van der Waals surface area contributed by atoms with Crippen molar-refractivity contribution in [3.8, 4) is 11.4 Å². The van der Waals surface area contributed by atoms with Crippen LogP contribution in [0.3, 0.4) is 0 Å². The second-order valence-electron chi connectivity index (χ2n) is 6.37. The van der Waals surface area contributed by atoms with Gasteiger partial charge in [-0.3, -0.25) is 9.10 Å². The molecule has 0 unspecified atom stereocenters. The number of rotatable bonds is 7. The number of amides is 1. The van der Waals surface area contributed by atoms with Crippen molar-refractivity contribution in [1.29, 1.82) is 0 Å². The average molecular weight is 435 g/mol. The molecule has 2 aromatic carbocycles. The van der Waals surface area contributed by atoms with Crippen LogP contribution in [0, 0.1) is 6.92 Å². The summed E-state index contributed by atoms with van der Waals surface area (Å²) in [5, 5.41) is 6.92. The van der Waals surface area contributed by atoms with Crippen LogP contribution in [-0.2, 0) is 21.4 Å². The van der Waals surface area contributed by atoms with E-state index < -0.39 is 15.9 Å². The highest BCUT2D eigenvalue weighted by Gasteiger charge is 2.21. The Kier molecular flexibility index (Phi) is 6.19. The van der Waals surface area contributed by atoms with Gasteiger partial charge in [0.05, 0.1) is 23.5 Å². The Balaban J connectivity index is 1.66. The van der Waals surface area contributed by atoms with Gasteiger partial charge in [-0.25, -0.2) is 8.42 Å². The van der Waals surface area contributed by atoms with Crippen LogP contribution in [-0.4, -0.2) is 37.3 Å². The van der Waals surface area contributed by atoms with Crippen LogP contribution in [0.5, 0.6) is 0 Å². The highest BCUT2D eigenvalue weighted by atomic mass is 35.5. The lowest BCUT2D eigenvalue weighted by atomic mass is 10.2. The molecule has 3 aromatic rings. The van der Waals surface area contributed by atoms with E-state index in [1.165, 1.54) is 0 Å². The van der Waals surface area contributed by atoms with Crippen LogP contribution >= 0.6 is 11.6 Å². The van der Waals surface area contributed by atoms with Crippen molar-refractivity contribution in [2.24, 2.45) is 0 Å². The highest BCUT2D eigenvalue weighted by Crippen LogP contribution is 2.24. The van der Waals surface area contributed by atoms with Crippen molar-refractivity contribution in [2.45, 2.75) is 13.5 Å². The lowest BCUT2D eigenvalue weighted by molar-refractivity contribution is -0.119. The smallest absolute Gasteiger partial charge is 0.246 e. The molecular weight excluding hydrogens is 416 g/mol. The van der Waals surface area contributed by atoms with E-state index in [-0.39, 0.29) is 19.0 Å². The fourth-order valence-electron chi connectivity index (χ4n) is 2.55. The van der Waals surface area contributed by atoms with Crippen LogP contribution < -0.4 is 9.62 Å². The molecule has 0 aliphatic heterocycles. The first-order chi connectivity index (χ1) is 13.7. The van der Waals surface area contributed by atoms with Gasteiger partial charge in [0, 0.05) is 5.56 Å². The summed E-state index contributed by atoms with van der Waals surface area (Å²) in [6.07, 6.45) is 1.05. The molecule has 0 atom stereocenters. The van der Waals surface area contributed by atoms with Gasteiger partial charge in [-0.15, -0.1) is 0 Å². The molecule has 1 heterocycles. The molecule has 3 rings (SSSR count). The molecule has 0 saturated heterocycles. The van der Waals surface area contributed by atoms with Crippen molar-refractivity contribution in [1.82, 2.24) is 15.5 Å². The number of nitrogens with one attached hydrogen (secondary N) is 1. The number of hydrogen-bond acceptors (Lipinski definition) is 6. The van der Waals surface area contributed by atoms with E-state index in [2.05, 4.69) is 15.5 Å². The number of benzene rings is 2. The molecule has 0 radical (unpaired) electrons. The maximum absolute atomic E-state index is 12.3. The SMILES string of the molecule is Cc1ccc(N(CC(=O)NCc2nc(-c3ccccc3Cl)no2)S(C)(=O)=O)cc1. The average Bonchev–Trinajstić information content (AvgIpc) is 3.14. The number of anilines is 1. The zero-order valence-corrected chi connectivity index (χ0v) is 17.4. The maximum atomic E-state index is 12.3. The van der Waals surface area contributed by atoms with Crippen molar-refractivity contribution in [3.63, 3.8) is 0 Å². The summed E-state index contributed by atoms with van der Waals surface area (Å²) in [6, 6.07) is 13.9. The number of nitrogens with zero attached hydrogens (tertiary/aromatic N) is 3. The van der Waals surface area contributed by atoms with E-state index in [4.69, 9.17) is 16.1 Å². The fourth-order valence-corrected chi connectivity index (χ4v) is 3.63. The lowest BCUT2D eigenvalue weighted by Gasteiger charge is -2.21. The Morgan fingerprint density at radius 1 is 1.17 bits per heavy atom. The van der Waals surface area contributed by atoms with Gasteiger partial charge in [-0.2, -0.15) is 4.98 Å². The first-order valence-electron chi connectivity index (χ1n) is 8.62. The third kappa shape index (κ3) is 5.33. The molecule has 10 heteroatoms. The molecule has 152 valence electrons. The summed E-state index contributed by atoms with van der Waals surface area (Å²) in [7, 11) is -3.64. The minimum atomic E-state index is -3.64. The quantitative estimate of drug-likeness (QED) is 0.613. The van der Waals surface area contributed by atoms with E-state index >= 15 is 0 Å². The van der Waals surface area contributed by atoms with Gasteiger partial charge >= 0.3 is 0 Å². The Morgan fingerprint density at radius 2 is 1.86 bits per heavy atom. The predicted molar refractivity (Wildman–Crippen MR) is 110 cm³/mol. The third-order valence-corrected chi connectivity index (χ3v) is 5.50. The zero-order chi connectivity index (χ0) is 21.0. The summed E-state index contributed by atoms with van der Waals surface area (Å²) in [5.41, 5.74) is 2.00. The topological polar surface area (TPSA) is 105 Å². The third-order valence-electron chi connectivity index (χ3n) is 4.03. The Hall–Kier alpha value is -2.91. The van der Waals surface area contributed by atoms with Crippen molar-refractivity contribution in [3.05, 3.63) is 65.0 Å². The van der Waals surface area contributed by atoms with Gasteiger partial charge in [0.2, 0.25) is 27.6 Å². The highest BCUT2D eigenvalue weighted by molar-refractivity contribution is 7.92. The first-order valence-corrected chi connectivity index (χ1v) is 10.9. The number of hydrogen-bond donors (Lipinski definition) is 1. The number of halogens is 1. The van der Waals surface area contributed by atoms with E-state index in [0.29, 0.717) is 22.1 Å². The summed E-state index contributed by atoms with van der Waals surface area (Å²) in [5.74, 6) is -0.0275. The summed E-state index contributed by atoms with van der Waals surface area (Å²) in [6.45, 7) is 1.48. The van der Waals surface area contributed by atoms with Crippen LogP contribution in [0.4, 0.5) is 5.69 Å². The van der Waals surface area contributed by atoms with Gasteiger partial charge in [0.25, 0.3) is 0 Å². The lowest BCUT2D eigenvalue weighted by Crippen LogP contribution is -2.40. The molecule has 0 spiro atoms. The Bertz CT molecular complexity index is 1110. The van der Waals surface area contributed by atoms with Crippen LogP contribution in [0.25, 0.3) is 11.4 Å². The zero-order valence-electron chi connectivity index (χ0n) is 15.8. The molecule has 29 heavy (non-hydrogen) atoms. The Labute approximate surface area is 173 Å². The van der Waals surface area contributed by atoms with Gasteiger partial charge in [0.1, 0.15) is 6.54 Å². The standard InChI is InChI=1S/C19H19ClN4O4S/c1-13-7-9-14(10-8-13)24(29(2,26)27)12-17(25)21-11-18-22-19(23-28-18)15-5-3-4-6-16(15)20/h3-10H,11-12H2,1-2H3,(H,21,25). The molecule has 0 bridgehead atoms. The van der Waals surface area contributed by atoms with Crippen molar-refractivity contribution >= 4 is 33.2 Å². The summed E-state index contributed by atoms with van der Waals surface area (Å²) >= 11 is 6.11. The molecule has 1 amide bonds. The molecule has 8 nitrogen and oxygen atoms in total. The largest absolute Gasteiger partial charge is 0.345 e. The minimum absolute atomic E-state index is 0.0399. The molecule has 0 fully saturated rings. The molecule has 0 aliphatic rings. The van der Waals surface area contributed by atoms with Crippen LogP contribution in [0.15, 0.2) is 53.1 Å². The van der Waals surface area contributed by atoms with Crippen molar-refractivity contribution < 1.29 is 17.7 Å². The van der Waals surface area contributed by atoms with Crippen molar-refractivity contribution in [2.75, 3.05) is 17.1 Å². The molecule has 1 N–H and O–H groups in total. The molecule has 1 aromatic heterocycles. The number of carbonyl (C=O) groups excluding carboxylic acids is 1. The summed E-state index contributed by atoms with van der Waals surface area (Å²) in [4.78, 5) is 16.5. The van der Waals surface area contributed by atoms with Crippen LogP contribution in [0.1, 0.15) is 11.5 Å². The molecule has 0 aliphatic carbocycles. The van der Waals surface area contributed by atoms with Crippen LogP contribution in [0.2, 0.25) is 5.02 Å². The fraction of sp³-hybridized carbons (Fsp3) is 0.211. The Morgan fingerprint density at radius 3 is 2.52 bits per heavy atom. The van der Waals surface area contributed by atoms with Gasteiger partial charge in [0.15, 0.2) is 0 Å². The number of carbonyl (C=O) groups is 1. The van der Waals surface area contributed by atoms with E-state index in [0.717, 1.165) is 16.1 Å². The molecular formula is C19H19ClN4O4S. The van der Waals surface area contributed by atoms with E-state index in [9.17, 15) is 13.2 Å². The second-order valence-corrected chi connectivity index (χ2v) is 8.69. The van der Waals surface area contributed by atoms with Gasteiger partial charge in [-0.05, 0) is 31.2 Å². The molecule has 0 saturated carbocycles. The summed E-state index contributed by atoms with van der Waals surface area (Å²) < 4.78 is 30.4. The maximum Gasteiger partial charge on any atom is 0.246 e. The number of sulfonamides is 1.